The minimum Gasteiger partial charge on any atom is -0.360 e. The van der Waals surface area contributed by atoms with Crippen LogP contribution in [0, 0.1) is 6.92 Å². The van der Waals surface area contributed by atoms with E-state index in [0.717, 1.165) is 19.4 Å². The predicted molar refractivity (Wildman–Crippen MR) is 60.3 cm³/mol. The van der Waals surface area contributed by atoms with E-state index in [2.05, 4.69) is 17.4 Å². The number of piperidine rings is 1. The first-order valence-corrected chi connectivity index (χ1v) is 5.68. The van der Waals surface area contributed by atoms with Gasteiger partial charge in [-0.25, -0.2) is 4.79 Å². The minimum atomic E-state index is -0.0829. The van der Waals surface area contributed by atoms with Crippen LogP contribution in [0.3, 0.4) is 0 Å². The van der Waals surface area contributed by atoms with E-state index in [0.29, 0.717) is 17.6 Å². The summed E-state index contributed by atoms with van der Waals surface area (Å²) in [6, 6.07) is 1.94. The molecule has 2 amide bonds. The summed E-state index contributed by atoms with van der Waals surface area (Å²) in [7, 11) is 0. The molecule has 16 heavy (non-hydrogen) atoms. The van der Waals surface area contributed by atoms with Gasteiger partial charge in [0.2, 0.25) is 0 Å². The number of anilines is 1. The molecule has 0 bridgehead atoms. The molecule has 1 aromatic rings. The van der Waals surface area contributed by atoms with E-state index in [9.17, 15) is 4.79 Å². The van der Waals surface area contributed by atoms with Crippen molar-refractivity contribution in [1.82, 2.24) is 10.1 Å². The number of carbonyl (C=O) groups is 1. The van der Waals surface area contributed by atoms with Crippen molar-refractivity contribution >= 4 is 11.8 Å². The zero-order chi connectivity index (χ0) is 11.5. The van der Waals surface area contributed by atoms with Gasteiger partial charge in [0.1, 0.15) is 5.76 Å². The van der Waals surface area contributed by atoms with Crippen molar-refractivity contribution in [2.45, 2.75) is 39.2 Å². The van der Waals surface area contributed by atoms with Crippen molar-refractivity contribution in [3.63, 3.8) is 0 Å². The molecule has 0 aliphatic carbocycles. The highest BCUT2D eigenvalue weighted by molar-refractivity contribution is 5.88. The molecule has 0 aromatic carbocycles. The number of urea groups is 1. The number of hydrogen-bond acceptors (Lipinski definition) is 3. The Morgan fingerprint density at radius 2 is 2.44 bits per heavy atom. The standard InChI is InChI=1S/C11H17N3O2/c1-8-5-3-4-6-14(8)11(15)12-10-7-9(2)16-13-10/h7-8H,3-6H2,1-2H3,(H,12,13,15). The third-order valence-electron chi connectivity index (χ3n) is 2.93. The van der Waals surface area contributed by atoms with Gasteiger partial charge in [-0.15, -0.1) is 0 Å². The van der Waals surface area contributed by atoms with E-state index in [-0.39, 0.29) is 6.03 Å². The van der Waals surface area contributed by atoms with Crippen LogP contribution < -0.4 is 5.32 Å². The maximum absolute atomic E-state index is 11.9. The normalized spacial score (nSPS) is 20.9. The molecule has 1 saturated heterocycles. The number of likely N-dealkylation sites (tertiary alicyclic amines) is 1. The number of hydrogen-bond donors (Lipinski definition) is 1. The summed E-state index contributed by atoms with van der Waals surface area (Å²) in [6.07, 6.45) is 3.36. The molecule has 0 spiro atoms. The maximum atomic E-state index is 11.9. The van der Waals surface area contributed by atoms with Crippen LogP contribution in [0.5, 0.6) is 0 Å². The molecule has 5 nitrogen and oxygen atoms in total. The number of nitrogens with zero attached hydrogens (tertiary/aromatic N) is 2. The average Bonchev–Trinajstić information content (AvgIpc) is 2.64. The Morgan fingerprint density at radius 1 is 1.62 bits per heavy atom. The van der Waals surface area contributed by atoms with E-state index in [4.69, 9.17) is 4.52 Å². The SMILES string of the molecule is Cc1cc(NC(=O)N2CCCCC2C)no1. The lowest BCUT2D eigenvalue weighted by atomic mass is 10.0. The van der Waals surface area contributed by atoms with E-state index < -0.39 is 0 Å². The van der Waals surface area contributed by atoms with Crippen LogP contribution in [-0.4, -0.2) is 28.7 Å². The fraction of sp³-hybridized carbons (Fsp3) is 0.636. The van der Waals surface area contributed by atoms with Crippen molar-refractivity contribution in [2.75, 3.05) is 11.9 Å². The monoisotopic (exact) mass is 223 g/mol. The summed E-state index contributed by atoms with van der Waals surface area (Å²) in [5.74, 6) is 1.18. The van der Waals surface area contributed by atoms with Crippen molar-refractivity contribution < 1.29 is 9.32 Å². The molecule has 1 unspecified atom stereocenters. The molecule has 1 aromatic heterocycles. The number of amides is 2. The number of rotatable bonds is 1. The van der Waals surface area contributed by atoms with Crippen molar-refractivity contribution in [3.8, 4) is 0 Å². The lowest BCUT2D eigenvalue weighted by molar-refractivity contribution is 0.170. The summed E-state index contributed by atoms with van der Waals surface area (Å²) in [5.41, 5.74) is 0. The van der Waals surface area contributed by atoms with E-state index in [1.54, 1.807) is 13.0 Å². The van der Waals surface area contributed by atoms with Crippen LogP contribution in [0.25, 0.3) is 0 Å². The lowest BCUT2D eigenvalue weighted by Crippen LogP contribution is -2.44. The molecular formula is C11H17N3O2. The molecule has 88 valence electrons. The summed E-state index contributed by atoms with van der Waals surface area (Å²) in [5, 5.41) is 6.49. The zero-order valence-electron chi connectivity index (χ0n) is 9.69. The van der Waals surface area contributed by atoms with Gasteiger partial charge in [0, 0.05) is 18.7 Å². The van der Waals surface area contributed by atoms with Gasteiger partial charge in [-0.05, 0) is 33.1 Å². The Morgan fingerprint density at radius 3 is 3.06 bits per heavy atom. The lowest BCUT2D eigenvalue weighted by Gasteiger charge is -2.32. The molecule has 1 atom stereocenters. The van der Waals surface area contributed by atoms with Crippen molar-refractivity contribution in [1.29, 1.82) is 0 Å². The molecule has 1 aliphatic rings. The van der Waals surface area contributed by atoms with E-state index >= 15 is 0 Å². The molecule has 1 N–H and O–H groups in total. The topological polar surface area (TPSA) is 58.4 Å². The third-order valence-corrected chi connectivity index (χ3v) is 2.93. The first kappa shape index (κ1) is 11.0. The smallest absolute Gasteiger partial charge is 0.323 e. The van der Waals surface area contributed by atoms with E-state index in [1.165, 1.54) is 6.42 Å². The highest BCUT2D eigenvalue weighted by atomic mass is 16.5. The Kier molecular flexibility index (Phi) is 3.12. The molecule has 1 fully saturated rings. The molecule has 1 aliphatic heterocycles. The van der Waals surface area contributed by atoms with Gasteiger partial charge in [-0.1, -0.05) is 5.16 Å². The van der Waals surface area contributed by atoms with Gasteiger partial charge < -0.3 is 9.42 Å². The van der Waals surface area contributed by atoms with Crippen LogP contribution >= 0.6 is 0 Å². The second-order valence-electron chi connectivity index (χ2n) is 4.29. The first-order chi connectivity index (χ1) is 7.66. The summed E-state index contributed by atoms with van der Waals surface area (Å²) in [6.45, 7) is 4.70. The summed E-state index contributed by atoms with van der Waals surface area (Å²) >= 11 is 0. The molecule has 5 heteroatoms. The quantitative estimate of drug-likeness (QED) is 0.795. The predicted octanol–water partition coefficient (Wildman–Crippen LogP) is 2.39. The molecule has 2 heterocycles. The summed E-state index contributed by atoms with van der Waals surface area (Å²) < 4.78 is 4.90. The minimum absolute atomic E-state index is 0.0829. The van der Waals surface area contributed by atoms with E-state index in [1.807, 2.05) is 4.90 Å². The first-order valence-electron chi connectivity index (χ1n) is 5.68. The van der Waals surface area contributed by atoms with Gasteiger partial charge in [0.15, 0.2) is 5.82 Å². The van der Waals surface area contributed by atoms with Gasteiger partial charge in [-0.2, -0.15) is 0 Å². The number of carbonyl (C=O) groups excluding carboxylic acids is 1. The second kappa shape index (κ2) is 4.55. The van der Waals surface area contributed by atoms with Crippen LogP contribution in [-0.2, 0) is 0 Å². The third kappa shape index (κ3) is 2.35. The Hall–Kier alpha value is -1.52. The van der Waals surface area contributed by atoms with Crippen molar-refractivity contribution in [2.24, 2.45) is 0 Å². The highest BCUT2D eigenvalue weighted by Gasteiger charge is 2.23. The van der Waals surface area contributed by atoms with Gasteiger partial charge in [0.25, 0.3) is 0 Å². The summed E-state index contributed by atoms with van der Waals surface area (Å²) in [4.78, 5) is 13.8. The largest absolute Gasteiger partial charge is 0.360 e. The van der Waals surface area contributed by atoms with Gasteiger partial charge >= 0.3 is 6.03 Å². The number of aromatic nitrogens is 1. The van der Waals surface area contributed by atoms with Crippen LogP contribution in [0.4, 0.5) is 10.6 Å². The Balaban J connectivity index is 1.96. The number of aryl methyl sites for hydroxylation is 1. The molecular weight excluding hydrogens is 206 g/mol. The fourth-order valence-electron chi connectivity index (χ4n) is 2.01. The van der Waals surface area contributed by atoms with Crippen molar-refractivity contribution in [3.05, 3.63) is 11.8 Å². The maximum Gasteiger partial charge on any atom is 0.323 e. The van der Waals surface area contributed by atoms with Crippen LogP contribution in [0.2, 0.25) is 0 Å². The Bertz CT molecular complexity index is 375. The highest BCUT2D eigenvalue weighted by Crippen LogP contribution is 2.17. The van der Waals surface area contributed by atoms with Crippen LogP contribution in [0.15, 0.2) is 10.6 Å². The average molecular weight is 223 g/mol. The van der Waals surface area contributed by atoms with Gasteiger partial charge in [-0.3, -0.25) is 5.32 Å². The second-order valence-corrected chi connectivity index (χ2v) is 4.29. The molecule has 0 radical (unpaired) electrons. The fourth-order valence-corrected chi connectivity index (χ4v) is 2.01. The molecule has 0 saturated carbocycles. The van der Waals surface area contributed by atoms with Crippen LogP contribution in [0.1, 0.15) is 31.9 Å². The molecule has 2 rings (SSSR count). The Labute approximate surface area is 94.8 Å². The van der Waals surface area contributed by atoms with Gasteiger partial charge in [0.05, 0.1) is 0 Å². The number of nitrogens with one attached hydrogen (secondary N) is 1. The zero-order valence-corrected chi connectivity index (χ0v) is 9.69.